The number of aliphatic hydroxyl groups is 2. The van der Waals surface area contributed by atoms with Crippen molar-refractivity contribution in [1.82, 2.24) is 0 Å². The minimum Gasteiger partial charge on any atom is -0.481 e. The number of rotatable bonds is 10. The van der Waals surface area contributed by atoms with Crippen LogP contribution >= 0.6 is 0 Å². The predicted octanol–water partition coefficient (Wildman–Crippen LogP) is 3.94. The monoisotopic (exact) mass is 424 g/mol. The molecule has 3 N–H and O–H groups in total. The molecule has 0 spiro atoms. The molecule has 172 valence electrons. The Hall–Kier alpha value is -1.40. The number of carboxylic acids is 1. The van der Waals surface area contributed by atoms with Gasteiger partial charge in [-0.15, -0.1) is 0 Å². The van der Waals surface area contributed by atoms with E-state index in [0.717, 1.165) is 32.1 Å². The molecule has 0 aliphatic heterocycles. The quantitative estimate of drug-likeness (QED) is 0.362. The third kappa shape index (κ3) is 5.44. The largest absolute Gasteiger partial charge is 0.481 e. The Bertz CT molecular complexity index is 644. The highest BCUT2D eigenvalue weighted by molar-refractivity contribution is 5.76. The van der Waals surface area contributed by atoms with Gasteiger partial charge in [0.2, 0.25) is 0 Å². The van der Waals surface area contributed by atoms with Gasteiger partial charge >= 0.3 is 11.9 Å². The molecule has 6 nitrogen and oxygen atoms in total. The highest BCUT2D eigenvalue weighted by Crippen LogP contribution is 2.62. The molecular weight excluding hydrogens is 384 g/mol. The zero-order valence-electron chi connectivity index (χ0n) is 19.0. The van der Waals surface area contributed by atoms with Crippen LogP contribution < -0.4 is 0 Å². The molecule has 0 bridgehead atoms. The maximum Gasteiger partial charge on any atom is 0.306 e. The number of hydrogen-bond acceptors (Lipinski definition) is 5. The maximum atomic E-state index is 12.1. The molecule has 0 heterocycles. The van der Waals surface area contributed by atoms with E-state index < -0.39 is 18.0 Å². The third-order valence-corrected chi connectivity index (χ3v) is 8.08. The molecule has 0 aromatic heterocycles. The number of carboxylic acid groups (broad SMARTS) is 1. The number of esters is 1. The van der Waals surface area contributed by atoms with Crippen LogP contribution in [0.1, 0.15) is 79.1 Å². The van der Waals surface area contributed by atoms with Crippen molar-refractivity contribution < 1.29 is 29.6 Å². The lowest BCUT2D eigenvalue weighted by atomic mass is 9.46. The standard InChI is InChI=1S/C24H40O6/c1-16(11-13-25)10-12-23(3)18(15-30-22(29)9-8-21(27)28)19(26)14-24(4)17(2)6-5-7-20(23)24/h6,16,18-20,25-26H,5,7-15H2,1-4H3,(H,27,28)/t16-,18+,19-,20+,23-,24-/m0/s1. The van der Waals surface area contributed by atoms with Gasteiger partial charge in [-0.05, 0) is 61.7 Å². The minimum absolute atomic E-state index is 0.0730. The van der Waals surface area contributed by atoms with Gasteiger partial charge in [-0.2, -0.15) is 0 Å². The molecular formula is C24H40O6. The number of carbonyl (C=O) groups excluding carboxylic acids is 1. The van der Waals surface area contributed by atoms with Crippen LogP contribution in [0.3, 0.4) is 0 Å². The molecule has 2 aliphatic rings. The molecule has 0 aromatic rings. The van der Waals surface area contributed by atoms with Crippen LogP contribution in [0.5, 0.6) is 0 Å². The number of aliphatic hydroxyl groups excluding tert-OH is 2. The molecule has 0 unspecified atom stereocenters. The Kier molecular flexibility index (Phi) is 8.51. The summed E-state index contributed by atoms with van der Waals surface area (Å²) in [5.74, 6) is -0.962. The van der Waals surface area contributed by atoms with Crippen LogP contribution in [-0.2, 0) is 14.3 Å². The van der Waals surface area contributed by atoms with E-state index in [1.54, 1.807) is 0 Å². The van der Waals surface area contributed by atoms with Crippen molar-refractivity contribution in [3.05, 3.63) is 11.6 Å². The molecule has 2 rings (SSSR count). The van der Waals surface area contributed by atoms with Crippen molar-refractivity contribution in [2.75, 3.05) is 13.2 Å². The SMILES string of the molecule is CC1=CCC[C@@H]2[C@@](C)(CC[C@H](C)CCO)[C@H](COC(=O)CCC(=O)O)[C@@H](O)C[C@@]12C. The fourth-order valence-electron chi connectivity index (χ4n) is 5.98. The molecule has 6 atom stereocenters. The topological polar surface area (TPSA) is 104 Å². The normalized spacial score (nSPS) is 34.6. The van der Waals surface area contributed by atoms with E-state index in [9.17, 15) is 19.8 Å². The summed E-state index contributed by atoms with van der Waals surface area (Å²) in [6.07, 6.45) is 6.65. The third-order valence-electron chi connectivity index (χ3n) is 8.08. The second kappa shape index (κ2) is 10.3. The summed E-state index contributed by atoms with van der Waals surface area (Å²) < 4.78 is 5.47. The average Bonchev–Trinajstić information content (AvgIpc) is 2.66. The first-order valence-corrected chi connectivity index (χ1v) is 11.4. The highest BCUT2D eigenvalue weighted by Gasteiger charge is 2.57. The van der Waals surface area contributed by atoms with Crippen molar-refractivity contribution >= 4 is 11.9 Å². The van der Waals surface area contributed by atoms with Crippen LogP contribution in [-0.4, -0.2) is 46.6 Å². The molecule has 2 aliphatic carbocycles. The molecule has 0 saturated heterocycles. The molecule has 6 heteroatoms. The van der Waals surface area contributed by atoms with Crippen LogP contribution in [0.2, 0.25) is 0 Å². The van der Waals surface area contributed by atoms with E-state index in [1.165, 1.54) is 5.57 Å². The molecule has 0 aromatic carbocycles. The summed E-state index contributed by atoms with van der Waals surface area (Å²) in [5.41, 5.74) is 1.05. The fraction of sp³-hybridized carbons (Fsp3) is 0.833. The number of ether oxygens (including phenoxy) is 1. The average molecular weight is 425 g/mol. The minimum atomic E-state index is -1.02. The van der Waals surface area contributed by atoms with Gasteiger partial charge in [0.1, 0.15) is 0 Å². The lowest BCUT2D eigenvalue weighted by Gasteiger charge is -2.60. The van der Waals surface area contributed by atoms with Crippen molar-refractivity contribution in [2.24, 2.45) is 28.6 Å². The Balaban J connectivity index is 2.23. The van der Waals surface area contributed by atoms with Gasteiger partial charge < -0.3 is 20.1 Å². The van der Waals surface area contributed by atoms with Crippen molar-refractivity contribution in [3.63, 3.8) is 0 Å². The van der Waals surface area contributed by atoms with Crippen LogP contribution in [0.4, 0.5) is 0 Å². The molecule has 0 amide bonds. The van der Waals surface area contributed by atoms with E-state index >= 15 is 0 Å². The smallest absolute Gasteiger partial charge is 0.306 e. The molecule has 1 saturated carbocycles. The number of allylic oxidation sites excluding steroid dienone is 2. The first kappa shape index (κ1) is 24.9. The van der Waals surface area contributed by atoms with E-state index in [4.69, 9.17) is 9.84 Å². The van der Waals surface area contributed by atoms with Crippen molar-refractivity contribution in [2.45, 2.75) is 85.2 Å². The van der Waals surface area contributed by atoms with E-state index in [-0.39, 0.29) is 42.8 Å². The molecule has 30 heavy (non-hydrogen) atoms. The van der Waals surface area contributed by atoms with E-state index in [1.807, 2.05) is 0 Å². The zero-order valence-corrected chi connectivity index (χ0v) is 19.0. The Morgan fingerprint density at radius 1 is 1.27 bits per heavy atom. The lowest BCUT2D eigenvalue weighted by molar-refractivity contribution is -0.165. The number of hydrogen-bond donors (Lipinski definition) is 3. The van der Waals surface area contributed by atoms with Crippen molar-refractivity contribution in [3.8, 4) is 0 Å². The van der Waals surface area contributed by atoms with Crippen LogP contribution in [0.15, 0.2) is 11.6 Å². The highest BCUT2D eigenvalue weighted by atomic mass is 16.5. The van der Waals surface area contributed by atoms with Gasteiger partial charge in [0.25, 0.3) is 0 Å². The second-order valence-electron chi connectivity index (χ2n) is 10.1. The summed E-state index contributed by atoms with van der Waals surface area (Å²) in [4.78, 5) is 22.8. The van der Waals surface area contributed by atoms with Gasteiger partial charge in [-0.25, -0.2) is 0 Å². The zero-order chi connectivity index (χ0) is 22.5. The summed E-state index contributed by atoms with van der Waals surface area (Å²) in [7, 11) is 0. The summed E-state index contributed by atoms with van der Waals surface area (Å²) in [6, 6.07) is 0. The Labute approximate surface area is 180 Å². The molecule has 1 fully saturated rings. The molecule has 0 radical (unpaired) electrons. The van der Waals surface area contributed by atoms with Crippen LogP contribution in [0.25, 0.3) is 0 Å². The van der Waals surface area contributed by atoms with Gasteiger partial charge in [-0.3, -0.25) is 9.59 Å². The Morgan fingerprint density at radius 3 is 2.60 bits per heavy atom. The first-order valence-electron chi connectivity index (χ1n) is 11.4. The van der Waals surface area contributed by atoms with Gasteiger partial charge in [0.05, 0.1) is 25.6 Å². The predicted molar refractivity (Wildman–Crippen MR) is 115 cm³/mol. The summed E-state index contributed by atoms with van der Waals surface area (Å²) in [5, 5.41) is 29.2. The second-order valence-corrected chi connectivity index (χ2v) is 10.1. The van der Waals surface area contributed by atoms with E-state index in [0.29, 0.717) is 18.3 Å². The maximum absolute atomic E-state index is 12.1. The van der Waals surface area contributed by atoms with Gasteiger partial charge in [0.15, 0.2) is 0 Å². The number of aliphatic carboxylic acids is 1. The van der Waals surface area contributed by atoms with Crippen molar-refractivity contribution in [1.29, 1.82) is 0 Å². The number of carbonyl (C=O) groups is 2. The summed E-state index contributed by atoms with van der Waals surface area (Å²) in [6.45, 7) is 9.10. The fourth-order valence-corrected chi connectivity index (χ4v) is 5.98. The lowest BCUT2D eigenvalue weighted by Crippen LogP contribution is -2.57. The summed E-state index contributed by atoms with van der Waals surface area (Å²) >= 11 is 0. The number of fused-ring (bicyclic) bond motifs is 1. The van der Waals surface area contributed by atoms with E-state index in [2.05, 4.69) is 33.8 Å². The Morgan fingerprint density at radius 2 is 1.97 bits per heavy atom. The first-order chi connectivity index (χ1) is 14.0. The van der Waals surface area contributed by atoms with Crippen LogP contribution in [0, 0.1) is 28.6 Å². The van der Waals surface area contributed by atoms with Gasteiger partial charge in [0, 0.05) is 12.5 Å². The van der Waals surface area contributed by atoms with Gasteiger partial charge in [-0.1, -0.05) is 38.8 Å².